The van der Waals surface area contributed by atoms with Gasteiger partial charge in [-0.3, -0.25) is 0 Å². The molecule has 0 spiro atoms. The fraction of sp³-hybridized carbons (Fsp3) is 0.273. The largest absolute Gasteiger partial charge is 0.478 e. The number of thiazole rings is 1. The molecule has 0 bridgehead atoms. The Kier molecular flexibility index (Phi) is 3.88. The number of rotatable bonds is 5. The van der Waals surface area contributed by atoms with Crippen molar-refractivity contribution >= 4 is 28.6 Å². The first-order valence-corrected chi connectivity index (χ1v) is 6.77. The SMILES string of the molecule is Cc1ncc(CNCc2cc(C(=O)O)cs2)s1. The van der Waals surface area contributed by atoms with Gasteiger partial charge in [0.1, 0.15) is 0 Å². The van der Waals surface area contributed by atoms with Gasteiger partial charge in [0.05, 0.1) is 10.6 Å². The number of hydrogen-bond acceptors (Lipinski definition) is 5. The monoisotopic (exact) mass is 268 g/mol. The molecule has 2 aromatic heterocycles. The standard InChI is InChI=1S/C11H12N2O2S2/c1-7-13-5-10(17-7)4-12-3-9-2-8(6-16-9)11(14)15/h2,5-6,12H,3-4H2,1H3,(H,14,15). The Labute approximate surface area is 107 Å². The molecule has 2 N–H and O–H groups in total. The molecule has 0 atom stereocenters. The molecule has 0 unspecified atom stereocenters. The van der Waals surface area contributed by atoms with Crippen LogP contribution in [0.2, 0.25) is 0 Å². The summed E-state index contributed by atoms with van der Waals surface area (Å²) in [5, 5.41) is 14.8. The maximum absolute atomic E-state index is 10.7. The van der Waals surface area contributed by atoms with Gasteiger partial charge in [0.15, 0.2) is 0 Å². The van der Waals surface area contributed by atoms with E-state index in [1.165, 1.54) is 16.2 Å². The van der Waals surface area contributed by atoms with Crippen LogP contribution >= 0.6 is 22.7 Å². The van der Waals surface area contributed by atoms with Gasteiger partial charge in [-0.15, -0.1) is 22.7 Å². The summed E-state index contributed by atoms with van der Waals surface area (Å²) >= 11 is 3.13. The minimum atomic E-state index is -0.870. The van der Waals surface area contributed by atoms with Crippen LogP contribution in [0.4, 0.5) is 0 Å². The molecular weight excluding hydrogens is 256 g/mol. The Morgan fingerprint density at radius 2 is 2.24 bits per heavy atom. The smallest absolute Gasteiger partial charge is 0.336 e. The number of nitrogens with zero attached hydrogens (tertiary/aromatic N) is 1. The molecule has 0 aromatic carbocycles. The zero-order chi connectivity index (χ0) is 12.3. The topological polar surface area (TPSA) is 62.2 Å². The van der Waals surface area contributed by atoms with E-state index in [1.54, 1.807) is 22.8 Å². The van der Waals surface area contributed by atoms with Gasteiger partial charge in [0.2, 0.25) is 0 Å². The van der Waals surface area contributed by atoms with E-state index in [1.807, 2.05) is 13.1 Å². The van der Waals surface area contributed by atoms with Crippen LogP contribution in [-0.2, 0) is 13.1 Å². The number of hydrogen-bond donors (Lipinski definition) is 2. The van der Waals surface area contributed by atoms with E-state index < -0.39 is 5.97 Å². The van der Waals surface area contributed by atoms with E-state index in [0.29, 0.717) is 12.1 Å². The summed E-state index contributed by atoms with van der Waals surface area (Å²) in [6, 6.07) is 1.71. The van der Waals surface area contributed by atoms with E-state index >= 15 is 0 Å². The molecule has 2 aromatic rings. The minimum absolute atomic E-state index is 0.362. The zero-order valence-corrected chi connectivity index (χ0v) is 10.9. The lowest BCUT2D eigenvalue weighted by molar-refractivity contribution is 0.0697. The van der Waals surface area contributed by atoms with Crippen LogP contribution < -0.4 is 5.32 Å². The van der Waals surface area contributed by atoms with E-state index in [9.17, 15) is 4.79 Å². The van der Waals surface area contributed by atoms with Crippen LogP contribution in [0.3, 0.4) is 0 Å². The highest BCUT2D eigenvalue weighted by Crippen LogP contribution is 2.15. The Bertz CT molecular complexity index is 519. The Balaban J connectivity index is 1.83. The molecule has 0 radical (unpaired) electrons. The number of aromatic nitrogens is 1. The summed E-state index contributed by atoms with van der Waals surface area (Å²) in [6.45, 7) is 3.44. The quantitative estimate of drug-likeness (QED) is 0.874. The minimum Gasteiger partial charge on any atom is -0.478 e. The molecule has 0 aliphatic carbocycles. The third-order valence-electron chi connectivity index (χ3n) is 2.17. The molecular formula is C11H12N2O2S2. The molecule has 0 saturated carbocycles. The van der Waals surface area contributed by atoms with Gasteiger partial charge < -0.3 is 10.4 Å². The van der Waals surface area contributed by atoms with Crippen molar-refractivity contribution in [2.75, 3.05) is 0 Å². The fourth-order valence-electron chi connectivity index (χ4n) is 1.38. The van der Waals surface area contributed by atoms with Gasteiger partial charge in [0, 0.05) is 34.4 Å². The number of carboxylic acids is 1. The Morgan fingerprint density at radius 1 is 1.47 bits per heavy atom. The number of thiophene rings is 1. The summed E-state index contributed by atoms with van der Waals surface area (Å²) < 4.78 is 0. The first kappa shape index (κ1) is 12.2. The first-order chi connectivity index (χ1) is 8.15. The Hall–Kier alpha value is -1.24. The average Bonchev–Trinajstić information content (AvgIpc) is 2.88. The third kappa shape index (κ3) is 3.36. The van der Waals surface area contributed by atoms with E-state index in [0.717, 1.165) is 16.4 Å². The summed E-state index contributed by atoms with van der Waals surface area (Å²) in [7, 11) is 0. The number of nitrogens with one attached hydrogen (secondary N) is 1. The van der Waals surface area contributed by atoms with Crippen molar-refractivity contribution in [3.05, 3.63) is 38.0 Å². The second-order valence-corrected chi connectivity index (χ2v) is 5.87. The predicted octanol–water partition coefficient (Wildman–Crippen LogP) is 2.50. The maximum Gasteiger partial charge on any atom is 0.336 e. The normalized spacial score (nSPS) is 10.6. The van der Waals surface area contributed by atoms with Crippen molar-refractivity contribution in [2.45, 2.75) is 20.0 Å². The molecule has 0 amide bonds. The van der Waals surface area contributed by atoms with Crippen LogP contribution in [0, 0.1) is 6.92 Å². The molecule has 2 heterocycles. The van der Waals surface area contributed by atoms with Crippen molar-refractivity contribution in [2.24, 2.45) is 0 Å². The van der Waals surface area contributed by atoms with Crippen molar-refractivity contribution in [1.29, 1.82) is 0 Å². The second-order valence-electron chi connectivity index (χ2n) is 3.56. The van der Waals surface area contributed by atoms with Gasteiger partial charge in [-0.2, -0.15) is 0 Å². The van der Waals surface area contributed by atoms with Gasteiger partial charge >= 0.3 is 5.97 Å². The molecule has 90 valence electrons. The summed E-state index contributed by atoms with van der Waals surface area (Å²) in [5.41, 5.74) is 0.362. The summed E-state index contributed by atoms with van der Waals surface area (Å²) in [6.07, 6.45) is 1.87. The number of carboxylic acid groups (broad SMARTS) is 1. The molecule has 6 heteroatoms. The summed E-state index contributed by atoms with van der Waals surface area (Å²) in [4.78, 5) is 17.1. The van der Waals surface area contributed by atoms with Gasteiger partial charge in [-0.05, 0) is 13.0 Å². The highest BCUT2D eigenvalue weighted by atomic mass is 32.1. The second kappa shape index (κ2) is 5.39. The number of aryl methyl sites for hydroxylation is 1. The van der Waals surface area contributed by atoms with Crippen LogP contribution in [0.15, 0.2) is 17.6 Å². The molecule has 0 saturated heterocycles. The molecule has 4 nitrogen and oxygen atoms in total. The average molecular weight is 268 g/mol. The van der Waals surface area contributed by atoms with Gasteiger partial charge in [-0.25, -0.2) is 9.78 Å². The van der Waals surface area contributed by atoms with E-state index in [2.05, 4.69) is 10.3 Å². The number of aromatic carboxylic acids is 1. The van der Waals surface area contributed by atoms with Gasteiger partial charge in [-0.1, -0.05) is 0 Å². The molecule has 2 rings (SSSR count). The summed E-state index contributed by atoms with van der Waals surface area (Å²) in [5.74, 6) is -0.870. The molecule has 0 aliphatic heterocycles. The molecule has 17 heavy (non-hydrogen) atoms. The maximum atomic E-state index is 10.7. The van der Waals surface area contributed by atoms with Gasteiger partial charge in [0.25, 0.3) is 0 Å². The van der Waals surface area contributed by atoms with Crippen molar-refractivity contribution < 1.29 is 9.90 Å². The lowest BCUT2D eigenvalue weighted by Gasteiger charge is -1.99. The number of carbonyl (C=O) groups is 1. The van der Waals surface area contributed by atoms with Crippen LogP contribution in [0.25, 0.3) is 0 Å². The first-order valence-electron chi connectivity index (χ1n) is 5.08. The highest BCUT2D eigenvalue weighted by Gasteiger charge is 2.06. The fourth-order valence-corrected chi connectivity index (χ4v) is 2.97. The van der Waals surface area contributed by atoms with E-state index in [4.69, 9.17) is 5.11 Å². The van der Waals surface area contributed by atoms with Crippen molar-refractivity contribution in [1.82, 2.24) is 10.3 Å². The van der Waals surface area contributed by atoms with Crippen LogP contribution in [-0.4, -0.2) is 16.1 Å². The predicted molar refractivity (Wildman–Crippen MR) is 68.7 cm³/mol. The molecule has 0 fully saturated rings. The van der Waals surface area contributed by atoms with E-state index in [-0.39, 0.29) is 0 Å². The molecule has 0 aliphatic rings. The lowest BCUT2D eigenvalue weighted by atomic mass is 10.3. The van der Waals surface area contributed by atoms with Crippen molar-refractivity contribution in [3.63, 3.8) is 0 Å². The highest BCUT2D eigenvalue weighted by molar-refractivity contribution is 7.11. The van der Waals surface area contributed by atoms with Crippen LogP contribution in [0.1, 0.15) is 25.1 Å². The van der Waals surface area contributed by atoms with Crippen LogP contribution in [0.5, 0.6) is 0 Å². The van der Waals surface area contributed by atoms with Crippen molar-refractivity contribution in [3.8, 4) is 0 Å². The lowest BCUT2D eigenvalue weighted by Crippen LogP contribution is -2.10. The zero-order valence-electron chi connectivity index (χ0n) is 9.27. The Morgan fingerprint density at radius 3 is 2.82 bits per heavy atom. The third-order valence-corrected chi connectivity index (χ3v) is 4.02.